The molecule has 0 radical (unpaired) electrons. The molecular formula is C18H30O4Si. The Labute approximate surface area is 141 Å². The van der Waals surface area contributed by atoms with Gasteiger partial charge in [-0.15, -0.1) is 0 Å². The molecule has 0 fully saturated rings. The summed E-state index contributed by atoms with van der Waals surface area (Å²) in [7, 11) is 1.10. The highest BCUT2D eigenvalue weighted by atomic mass is 28.4. The van der Waals surface area contributed by atoms with Crippen LogP contribution in [0.5, 0.6) is 5.75 Å². The van der Waals surface area contributed by atoms with E-state index in [0.717, 1.165) is 5.56 Å². The average molecular weight is 339 g/mol. The van der Waals surface area contributed by atoms with Gasteiger partial charge < -0.3 is 13.9 Å². The van der Waals surface area contributed by atoms with Crippen molar-refractivity contribution in [1.29, 1.82) is 0 Å². The van der Waals surface area contributed by atoms with Crippen molar-refractivity contribution in [2.75, 3.05) is 14.2 Å². The van der Waals surface area contributed by atoms with Crippen molar-refractivity contribution in [3.8, 4) is 5.75 Å². The van der Waals surface area contributed by atoms with Gasteiger partial charge in [0.1, 0.15) is 11.3 Å². The molecular weight excluding hydrogens is 308 g/mol. The Morgan fingerprint density at radius 2 is 1.83 bits per heavy atom. The number of hydrogen-bond donors (Lipinski definition) is 0. The van der Waals surface area contributed by atoms with Gasteiger partial charge in [0.25, 0.3) is 0 Å². The molecule has 130 valence electrons. The summed E-state index contributed by atoms with van der Waals surface area (Å²) in [5, 5.41) is 0.154. The lowest BCUT2D eigenvalue weighted by Gasteiger charge is -2.38. The van der Waals surface area contributed by atoms with Gasteiger partial charge in [-0.25, -0.2) is 4.79 Å². The minimum atomic E-state index is -1.84. The zero-order valence-electron chi connectivity index (χ0n) is 15.6. The maximum Gasteiger partial charge on any atom is 0.341 e. The molecule has 0 amide bonds. The molecule has 5 heteroatoms. The van der Waals surface area contributed by atoms with Crippen LogP contribution in [0.3, 0.4) is 0 Å². The van der Waals surface area contributed by atoms with E-state index in [-0.39, 0.29) is 17.1 Å². The summed E-state index contributed by atoms with van der Waals surface area (Å²) in [5.41, 5.74) is 1.38. The fourth-order valence-electron chi connectivity index (χ4n) is 2.28. The number of benzene rings is 1. The maximum atomic E-state index is 12.1. The molecule has 0 unspecified atom stereocenters. The van der Waals surface area contributed by atoms with E-state index in [1.165, 1.54) is 7.11 Å². The van der Waals surface area contributed by atoms with E-state index in [1.54, 1.807) is 13.2 Å². The van der Waals surface area contributed by atoms with Gasteiger partial charge in [0.2, 0.25) is 0 Å². The highest BCUT2D eigenvalue weighted by Gasteiger charge is 2.38. The first-order valence-electron chi connectivity index (χ1n) is 7.95. The summed E-state index contributed by atoms with van der Waals surface area (Å²) in [5.74, 6) is 0.158. The van der Waals surface area contributed by atoms with E-state index in [0.29, 0.717) is 17.7 Å². The third-order valence-corrected chi connectivity index (χ3v) is 9.14. The summed E-state index contributed by atoms with van der Waals surface area (Å²) in [6.45, 7) is 13.2. The summed E-state index contributed by atoms with van der Waals surface area (Å²) in [6, 6.07) is 5.59. The van der Waals surface area contributed by atoms with Crippen LogP contribution in [-0.2, 0) is 15.6 Å². The zero-order valence-corrected chi connectivity index (χ0v) is 16.6. The van der Waals surface area contributed by atoms with Crippen LogP contribution in [0.1, 0.15) is 43.6 Å². The van der Waals surface area contributed by atoms with Crippen LogP contribution in [0.25, 0.3) is 0 Å². The Morgan fingerprint density at radius 3 is 2.30 bits per heavy atom. The lowest BCUT2D eigenvalue weighted by molar-refractivity contribution is 0.0595. The lowest BCUT2D eigenvalue weighted by Crippen LogP contribution is -2.43. The maximum absolute atomic E-state index is 12.1. The minimum Gasteiger partial charge on any atom is -0.496 e. The van der Waals surface area contributed by atoms with E-state index >= 15 is 0 Å². The second kappa shape index (κ2) is 7.49. The normalized spacial score (nSPS) is 13.6. The first kappa shape index (κ1) is 19.7. The van der Waals surface area contributed by atoms with E-state index in [4.69, 9.17) is 13.9 Å². The Kier molecular flexibility index (Phi) is 6.42. The molecule has 0 aliphatic rings. The Balaban J connectivity index is 3.03. The molecule has 23 heavy (non-hydrogen) atoms. The van der Waals surface area contributed by atoms with Crippen molar-refractivity contribution in [3.05, 3.63) is 29.3 Å². The monoisotopic (exact) mass is 338 g/mol. The van der Waals surface area contributed by atoms with Gasteiger partial charge in [0.05, 0.1) is 14.2 Å². The molecule has 1 atom stereocenters. The lowest BCUT2D eigenvalue weighted by atomic mass is 10.0. The predicted octanol–water partition coefficient (Wildman–Crippen LogP) is 4.43. The van der Waals surface area contributed by atoms with Crippen LogP contribution in [-0.4, -0.2) is 34.6 Å². The fourth-order valence-corrected chi connectivity index (χ4v) is 3.72. The molecule has 1 aromatic rings. The number of methoxy groups -OCH3 is 2. The molecule has 0 heterocycles. The summed E-state index contributed by atoms with van der Waals surface area (Å²) >= 11 is 0. The SMILES string of the molecule is COC(=O)c1c(C[C@@H](C)O[Si](C)(C)C(C)(C)C)cccc1OC. The highest BCUT2D eigenvalue weighted by molar-refractivity contribution is 6.74. The van der Waals surface area contributed by atoms with Crippen molar-refractivity contribution >= 4 is 14.3 Å². The Bertz CT molecular complexity index is 546. The molecule has 1 aromatic carbocycles. The highest BCUT2D eigenvalue weighted by Crippen LogP contribution is 2.37. The van der Waals surface area contributed by atoms with Crippen LogP contribution in [0, 0.1) is 0 Å². The van der Waals surface area contributed by atoms with E-state index in [1.807, 2.05) is 12.1 Å². The first-order chi connectivity index (χ1) is 10.5. The molecule has 0 aliphatic carbocycles. The fraction of sp³-hybridized carbons (Fsp3) is 0.611. The van der Waals surface area contributed by atoms with Gasteiger partial charge in [0, 0.05) is 6.10 Å². The average Bonchev–Trinajstić information content (AvgIpc) is 2.44. The van der Waals surface area contributed by atoms with Gasteiger partial charge in [-0.3, -0.25) is 0 Å². The summed E-state index contributed by atoms with van der Waals surface area (Å²) in [4.78, 5) is 12.1. The number of ether oxygens (including phenoxy) is 2. The Hall–Kier alpha value is -1.33. The van der Waals surface area contributed by atoms with Gasteiger partial charge in [-0.05, 0) is 43.1 Å². The summed E-state index contributed by atoms with van der Waals surface area (Å²) < 4.78 is 16.6. The van der Waals surface area contributed by atoms with Crippen molar-refractivity contribution in [3.63, 3.8) is 0 Å². The van der Waals surface area contributed by atoms with Gasteiger partial charge in [0.15, 0.2) is 8.32 Å². The third-order valence-electron chi connectivity index (χ3n) is 4.53. The van der Waals surface area contributed by atoms with Gasteiger partial charge >= 0.3 is 5.97 Å². The van der Waals surface area contributed by atoms with Crippen molar-refractivity contribution < 1.29 is 18.7 Å². The molecule has 0 aliphatic heterocycles. The molecule has 4 nitrogen and oxygen atoms in total. The molecule has 0 bridgehead atoms. The van der Waals surface area contributed by atoms with Crippen LogP contribution >= 0.6 is 0 Å². The second-order valence-electron chi connectivity index (χ2n) is 7.38. The number of hydrogen-bond acceptors (Lipinski definition) is 4. The number of carbonyl (C=O) groups is 1. The smallest absolute Gasteiger partial charge is 0.341 e. The van der Waals surface area contributed by atoms with Crippen molar-refractivity contribution in [2.24, 2.45) is 0 Å². The van der Waals surface area contributed by atoms with Crippen LogP contribution in [0.4, 0.5) is 0 Å². The number of esters is 1. The van der Waals surface area contributed by atoms with Crippen LogP contribution in [0.15, 0.2) is 18.2 Å². The predicted molar refractivity (Wildman–Crippen MR) is 95.8 cm³/mol. The molecule has 0 saturated heterocycles. The zero-order chi connectivity index (χ0) is 17.8. The first-order valence-corrected chi connectivity index (χ1v) is 10.9. The van der Waals surface area contributed by atoms with Gasteiger partial charge in [-0.1, -0.05) is 32.9 Å². The van der Waals surface area contributed by atoms with E-state index in [2.05, 4.69) is 40.8 Å². The standard InChI is InChI=1S/C18H30O4Si/c1-13(22-23(7,8)18(2,3)4)12-14-10-9-11-15(20-5)16(14)17(19)21-6/h9-11,13H,12H2,1-8H3/t13-/m1/s1. The molecule has 0 spiro atoms. The molecule has 0 aromatic heterocycles. The Morgan fingerprint density at radius 1 is 1.22 bits per heavy atom. The van der Waals surface area contributed by atoms with Crippen molar-refractivity contribution in [2.45, 2.75) is 58.4 Å². The largest absolute Gasteiger partial charge is 0.496 e. The minimum absolute atomic E-state index is 0.0198. The van der Waals surface area contributed by atoms with E-state index in [9.17, 15) is 4.79 Å². The molecule has 0 N–H and O–H groups in total. The quantitative estimate of drug-likeness (QED) is 0.568. The van der Waals surface area contributed by atoms with Gasteiger partial charge in [-0.2, -0.15) is 0 Å². The summed E-state index contributed by atoms with van der Waals surface area (Å²) in [6.07, 6.45) is 0.667. The topological polar surface area (TPSA) is 44.8 Å². The van der Waals surface area contributed by atoms with Crippen LogP contribution in [0.2, 0.25) is 18.1 Å². The molecule has 1 rings (SSSR count). The van der Waals surface area contributed by atoms with Crippen LogP contribution < -0.4 is 4.74 Å². The number of rotatable bonds is 6. The second-order valence-corrected chi connectivity index (χ2v) is 12.1. The number of carbonyl (C=O) groups excluding carboxylic acids is 1. The third kappa shape index (κ3) is 4.82. The van der Waals surface area contributed by atoms with Crippen molar-refractivity contribution in [1.82, 2.24) is 0 Å². The molecule has 0 saturated carbocycles. The van der Waals surface area contributed by atoms with E-state index < -0.39 is 8.32 Å².